The van der Waals surface area contributed by atoms with Gasteiger partial charge >= 0.3 is 5.97 Å². The molecule has 0 aliphatic carbocycles. The first-order valence-corrected chi connectivity index (χ1v) is 8.55. The van der Waals surface area contributed by atoms with Crippen LogP contribution < -0.4 is 10.5 Å². The van der Waals surface area contributed by atoms with E-state index in [-0.39, 0.29) is 23.8 Å². The molecule has 0 saturated carbocycles. The number of carbonyl (C=O) groups is 1. The van der Waals surface area contributed by atoms with E-state index >= 15 is 0 Å². The molecule has 0 fully saturated rings. The van der Waals surface area contributed by atoms with E-state index in [4.69, 9.17) is 5.14 Å². The first-order valence-electron chi connectivity index (χ1n) is 6.84. The summed E-state index contributed by atoms with van der Waals surface area (Å²) >= 11 is 0. The standard InChI is InChI=1S/C14H15N5O4S/c1-23-14(20)9(8-15)12-13(17-6-7-24(16,21)22)19-11-5-3-2-4-10(11)18-12/h2-5,9H,6-7H2,1H3,(H,17,19)(H2,16,21,22)/t9-/m0/s1. The van der Waals surface area contributed by atoms with E-state index in [0.717, 1.165) is 7.11 Å². The monoisotopic (exact) mass is 349 g/mol. The number of sulfonamides is 1. The van der Waals surface area contributed by atoms with Gasteiger partial charge in [-0.05, 0) is 12.1 Å². The molecule has 1 aromatic heterocycles. The highest BCUT2D eigenvalue weighted by Crippen LogP contribution is 2.24. The van der Waals surface area contributed by atoms with Crippen molar-refractivity contribution in [2.24, 2.45) is 5.14 Å². The number of benzene rings is 1. The summed E-state index contributed by atoms with van der Waals surface area (Å²) in [5.41, 5.74) is 1.09. The Bertz CT molecular complexity index is 907. The molecule has 0 radical (unpaired) electrons. The number of hydrogen-bond acceptors (Lipinski definition) is 8. The van der Waals surface area contributed by atoms with Crippen LogP contribution in [0.3, 0.4) is 0 Å². The quantitative estimate of drug-likeness (QED) is 0.698. The molecule has 126 valence electrons. The Morgan fingerprint density at radius 3 is 2.54 bits per heavy atom. The molecule has 1 aromatic carbocycles. The van der Waals surface area contributed by atoms with Crippen LogP contribution in [0.25, 0.3) is 11.0 Å². The number of fused-ring (bicyclic) bond motifs is 1. The first-order chi connectivity index (χ1) is 11.4. The van der Waals surface area contributed by atoms with Gasteiger partial charge in [-0.3, -0.25) is 4.79 Å². The summed E-state index contributed by atoms with van der Waals surface area (Å²) in [4.78, 5) is 20.4. The third-order valence-corrected chi connectivity index (χ3v) is 3.89. The molecule has 0 aliphatic heterocycles. The Balaban J connectivity index is 2.47. The highest BCUT2D eigenvalue weighted by Gasteiger charge is 2.27. The minimum atomic E-state index is -3.66. The van der Waals surface area contributed by atoms with Crippen molar-refractivity contribution in [2.75, 3.05) is 24.7 Å². The van der Waals surface area contributed by atoms with Crippen LogP contribution in [0.1, 0.15) is 11.6 Å². The first kappa shape index (κ1) is 17.6. The zero-order valence-corrected chi connectivity index (χ0v) is 13.6. The Labute approximate surface area is 138 Å². The number of nitrogens with two attached hydrogens (primary N) is 1. The number of nitrogens with one attached hydrogen (secondary N) is 1. The van der Waals surface area contributed by atoms with E-state index in [0.29, 0.717) is 11.0 Å². The molecule has 2 aromatic rings. The fourth-order valence-electron chi connectivity index (χ4n) is 2.00. The van der Waals surface area contributed by atoms with E-state index in [1.165, 1.54) is 0 Å². The number of nitrogens with zero attached hydrogens (tertiary/aromatic N) is 3. The number of hydrogen-bond donors (Lipinski definition) is 2. The van der Waals surface area contributed by atoms with Gasteiger partial charge < -0.3 is 10.1 Å². The summed E-state index contributed by atoms with van der Waals surface area (Å²) in [6, 6.07) is 8.71. The second-order valence-corrected chi connectivity index (χ2v) is 6.56. The second kappa shape index (κ2) is 7.20. The van der Waals surface area contributed by atoms with Crippen LogP contribution in [0.15, 0.2) is 24.3 Å². The van der Waals surface area contributed by atoms with Crippen molar-refractivity contribution < 1.29 is 17.9 Å². The zero-order valence-electron chi connectivity index (χ0n) is 12.8. The van der Waals surface area contributed by atoms with Crippen LogP contribution in [0.4, 0.5) is 5.82 Å². The lowest BCUT2D eigenvalue weighted by molar-refractivity contribution is -0.141. The fourth-order valence-corrected chi connectivity index (χ4v) is 2.39. The van der Waals surface area contributed by atoms with E-state index in [1.807, 2.05) is 6.07 Å². The normalized spacial score (nSPS) is 12.4. The molecule has 1 atom stereocenters. The van der Waals surface area contributed by atoms with Crippen molar-refractivity contribution >= 4 is 32.8 Å². The lowest BCUT2D eigenvalue weighted by atomic mass is 10.1. The molecular weight excluding hydrogens is 334 g/mol. The van der Waals surface area contributed by atoms with Crippen molar-refractivity contribution in [1.29, 1.82) is 5.26 Å². The number of rotatable bonds is 6. The average Bonchev–Trinajstić information content (AvgIpc) is 2.54. The van der Waals surface area contributed by atoms with Gasteiger partial charge in [-0.2, -0.15) is 5.26 Å². The van der Waals surface area contributed by atoms with Crippen LogP contribution in [-0.2, 0) is 19.6 Å². The predicted octanol–water partition coefficient (Wildman–Crippen LogP) is 0.110. The molecule has 0 saturated heterocycles. The number of carbonyl (C=O) groups excluding carboxylic acids is 1. The van der Waals surface area contributed by atoms with Gasteiger partial charge in [0.15, 0.2) is 11.7 Å². The molecule has 2 rings (SSSR count). The Hall–Kier alpha value is -2.77. The van der Waals surface area contributed by atoms with Gasteiger partial charge in [-0.1, -0.05) is 12.1 Å². The van der Waals surface area contributed by atoms with Gasteiger partial charge in [0.05, 0.1) is 30.0 Å². The van der Waals surface area contributed by atoms with E-state index in [1.54, 1.807) is 24.3 Å². The van der Waals surface area contributed by atoms with Gasteiger partial charge in [-0.25, -0.2) is 23.5 Å². The summed E-state index contributed by atoms with van der Waals surface area (Å²) in [5, 5.41) is 17.0. The summed E-state index contributed by atoms with van der Waals surface area (Å²) in [5.74, 6) is -2.27. The van der Waals surface area contributed by atoms with E-state index in [9.17, 15) is 18.5 Å². The number of nitriles is 1. The molecule has 3 N–H and O–H groups in total. The van der Waals surface area contributed by atoms with Crippen molar-refractivity contribution in [1.82, 2.24) is 9.97 Å². The maximum absolute atomic E-state index is 11.8. The number of para-hydroxylation sites is 2. The minimum Gasteiger partial charge on any atom is -0.468 e. The highest BCUT2D eigenvalue weighted by molar-refractivity contribution is 7.89. The summed E-state index contributed by atoms with van der Waals surface area (Å²) in [6.45, 7) is -0.0435. The van der Waals surface area contributed by atoms with E-state index in [2.05, 4.69) is 20.0 Å². The van der Waals surface area contributed by atoms with Gasteiger partial charge in [0.1, 0.15) is 5.69 Å². The van der Waals surface area contributed by atoms with Gasteiger partial charge in [0.2, 0.25) is 10.0 Å². The molecular formula is C14H15N5O4S. The van der Waals surface area contributed by atoms with Gasteiger partial charge in [0.25, 0.3) is 0 Å². The molecule has 0 amide bonds. The van der Waals surface area contributed by atoms with Crippen molar-refractivity contribution in [3.63, 3.8) is 0 Å². The molecule has 0 bridgehead atoms. The summed E-state index contributed by atoms with van der Waals surface area (Å²) in [7, 11) is -2.50. The minimum absolute atomic E-state index is 0.0435. The second-order valence-electron chi connectivity index (χ2n) is 4.83. The average molecular weight is 349 g/mol. The maximum atomic E-state index is 11.8. The maximum Gasteiger partial charge on any atom is 0.329 e. The van der Waals surface area contributed by atoms with Crippen LogP contribution in [-0.4, -0.2) is 43.8 Å². The topological polar surface area (TPSA) is 148 Å². The largest absolute Gasteiger partial charge is 0.468 e. The van der Waals surface area contributed by atoms with Crippen molar-refractivity contribution in [3.05, 3.63) is 30.0 Å². The Kier molecular flexibility index (Phi) is 5.28. The molecule has 0 spiro atoms. The molecule has 0 aliphatic rings. The van der Waals surface area contributed by atoms with Crippen molar-refractivity contribution in [2.45, 2.75) is 5.92 Å². The Morgan fingerprint density at radius 1 is 1.38 bits per heavy atom. The SMILES string of the molecule is COC(=O)[C@@H](C#N)c1nc2ccccc2nc1NCCS(N)(=O)=O. The molecule has 9 nitrogen and oxygen atoms in total. The van der Waals surface area contributed by atoms with E-state index < -0.39 is 21.9 Å². The fraction of sp³-hybridized carbons (Fsp3) is 0.286. The number of methoxy groups -OCH3 is 1. The lowest BCUT2D eigenvalue weighted by Crippen LogP contribution is -2.24. The number of anilines is 1. The predicted molar refractivity (Wildman–Crippen MR) is 86.4 cm³/mol. The van der Waals surface area contributed by atoms with Gasteiger partial charge in [-0.15, -0.1) is 0 Å². The van der Waals surface area contributed by atoms with Crippen LogP contribution in [0.2, 0.25) is 0 Å². The third-order valence-electron chi connectivity index (χ3n) is 3.12. The number of ether oxygens (including phenoxy) is 1. The number of aromatic nitrogens is 2. The van der Waals surface area contributed by atoms with Crippen molar-refractivity contribution in [3.8, 4) is 6.07 Å². The molecule has 1 heterocycles. The molecule has 10 heteroatoms. The zero-order chi connectivity index (χ0) is 17.7. The highest BCUT2D eigenvalue weighted by atomic mass is 32.2. The molecule has 0 unspecified atom stereocenters. The lowest BCUT2D eigenvalue weighted by Gasteiger charge is -2.14. The van der Waals surface area contributed by atoms with Crippen LogP contribution in [0, 0.1) is 11.3 Å². The summed E-state index contributed by atoms with van der Waals surface area (Å²) < 4.78 is 26.7. The Morgan fingerprint density at radius 2 is 2.00 bits per heavy atom. The van der Waals surface area contributed by atoms with Gasteiger partial charge in [0, 0.05) is 6.54 Å². The third kappa shape index (κ3) is 4.15. The van der Waals surface area contributed by atoms with Crippen LogP contribution >= 0.6 is 0 Å². The summed E-state index contributed by atoms with van der Waals surface area (Å²) in [6.07, 6.45) is 0. The number of primary sulfonamides is 1. The smallest absolute Gasteiger partial charge is 0.329 e. The number of esters is 1. The molecule has 24 heavy (non-hydrogen) atoms. The van der Waals surface area contributed by atoms with Crippen LogP contribution in [0.5, 0.6) is 0 Å².